The van der Waals surface area contributed by atoms with Crippen molar-refractivity contribution in [2.75, 3.05) is 11.9 Å². The zero-order valence-electron chi connectivity index (χ0n) is 32.2. The van der Waals surface area contributed by atoms with Crippen LogP contribution >= 0.6 is 11.3 Å². The SMILES string of the molecule is C=C[C@@H]1C[C@]1(NC(=O)[C@@H]1C[C@@H]2CN1C(=O)[C@H]([C@@H](C)CC)Nc1nc(cs1)CCC/C=C/c1cccc3c1CN(C3)C(=O)O2)C(=O)C(=O)NC1CC1.O=C(O)C(F)(F)F. The minimum Gasteiger partial charge on any atom is -0.475 e. The quantitative estimate of drug-likeness (QED) is 0.209. The molecule has 0 radical (unpaired) electrons. The van der Waals surface area contributed by atoms with Gasteiger partial charge in [-0.1, -0.05) is 56.7 Å². The highest BCUT2D eigenvalue weighted by Crippen LogP contribution is 2.46. The van der Waals surface area contributed by atoms with E-state index in [4.69, 9.17) is 19.6 Å². The molecule has 5 aliphatic rings. The number of nitrogens with zero attached hydrogens (tertiary/aromatic N) is 3. The number of anilines is 1. The Bertz CT molecular complexity index is 1980. The average molecular weight is 829 g/mol. The second-order valence-corrected chi connectivity index (χ2v) is 16.3. The summed E-state index contributed by atoms with van der Waals surface area (Å²) in [6.45, 7) is 8.59. The predicted molar refractivity (Wildman–Crippen MR) is 206 cm³/mol. The largest absolute Gasteiger partial charge is 0.490 e. The monoisotopic (exact) mass is 828 g/mol. The second-order valence-electron chi connectivity index (χ2n) is 15.4. The fraction of sp³-hybridized carbons (Fsp3) is 0.525. The lowest BCUT2D eigenvalue weighted by molar-refractivity contribution is -0.192. The first-order valence-corrected chi connectivity index (χ1v) is 20.3. The predicted octanol–water partition coefficient (Wildman–Crippen LogP) is 4.98. The number of halogens is 3. The smallest absolute Gasteiger partial charge is 0.475 e. The number of Topliss-reactive ketones (excluding diaryl/α,β-unsaturated/α-hetero) is 1. The molecule has 4 heterocycles. The number of hydrogen-bond acceptors (Lipinski definition) is 10. The Morgan fingerprint density at radius 1 is 1.21 bits per heavy atom. The lowest BCUT2D eigenvalue weighted by Crippen LogP contribution is -2.57. The van der Waals surface area contributed by atoms with Crippen LogP contribution in [0.5, 0.6) is 0 Å². The van der Waals surface area contributed by atoms with Crippen LogP contribution in [0, 0.1) is 11.8 Å². The van der Waals surface area contributed by atoms with Crippen molar-refractivity contribution in [3.05, 3.63) is 64.7 Å². The highest BCUT2D eigenvalue weighted by molar-refractivity contribution is 7.13. The van der Waals surface area contributed by atoms with Crippen molar-refractivity contribution in [3.8, 4) is 0 Å². The van der Waals surface area contributed by atoms with Gasteiger partial charge in [-0.3, -0.25) is 24.1 Å². The van der Waals surface area contributed by atoms with E-state index in [9.17, 15) is 37.1 Å². The van der Waals surface area contributed by atoms with Gasteiger partial charge in [0.05, 0.1) is 18.8 Å². The molecular weight excluding hydrogens is 782 g/mol. The summed E-state index contributed by atoms with van der Waals surface area (Å²) in [5, 5.41) is 18.7. The molecule has 6 bridgehead atoms. The van der Waals surface area contributed by atoms with Crippen molar-refractivity contribution in [2.24, 2.45) is 11.8 Å². The van der Waals surface area contributed by atoms with Crippen LogP contribution < -0.4 is 16.0 Å². The molecule has 18 heteroatoms. The van der Waals surface area contributed by atoms with Crippen LogP contribution in [0.25, 0.3) is 6.08 Å². The molecule has 7 rings (SSSR count). The summed E-state index contributed by atoms with van der Waals surface area (Å²) in [5.41, 5.74) is 2.72. The van der Waals surface area contributed by atoms with Gasteiger partial charge in [0.1, 0.15) is 23.7 Å². The number of amides is 4. The molecule has 3 aliphatic heterocycles. The van der Waals surface area contributed by atoms with E-state index in [2.05, 4.69) is 40.7 Å². The van der Waals surface area contributed by atoms with Crippen LogP contribution in [0.3, 0.4) is 0 Å². The third kappa shape index (κ3) is 9.54. The molecule has 58 heavy (non-hydrogen) atoms. The van der Waals surface area contributed by atoms with Gasteiger partial charge in [-0.25, -0.2) is 14.6 Å². The minimum absolute atomic E-state index is 0.00314. The molecule has 2 aliphatic carbocycles. The molecule has 2 aromatic rings. The van der Waals surface area contributed by atoms with Crippen molar-refractivity contribution < 1.29 is 51.8 Å². The van der Waals surface area contributed by atoms with E-state index in [1.807, 2.05) is 31.4 Å². The van der Waals surface area contributed by atoms with E-state index in [1.165, 1.54) is 16.2 Å². The minimum atomic E-state index is -5.08. The summed E-state index contributed by atoms with van der Waals surface area (Å²) >= 11 is 1.44. The maximum atomic E-state index is 14.6. The highest BCUT2D eigenvalue weighted by atomic mass is 32.1. The number of carbonyl (C=O) groups is 6. The van der Waals surface area contributed by atoms with E-state index in [0.29, 0.717) is 24.6 Å². The number of carboxylic acid groups (broad SMARTS) is 1. The van der Waals surface area contributed by atoms with E-state index in [1.54, 1.807) is 11.0 Å². The van der Waals surface area contributed by atoms with Crippen molar-refractivity contribution in [3.63, 3.8) is 0 Å². The standard InChI is InChI=1S/C38H46N6O6S.C2HF3O2/c1-4-22(3)31-35(48)44-19-28(16-30(44)33(46)42-38(17-25(38)5-2)32(45)34(47)39-26-14-15-26)50-37(49)43-18-24-12-9-11-23(29(24)20-43)10-7-6-8-13-27-21-51-36(40-27)41-31;3-2(4,5)1(6)7/h5,7,9-12,21-22,25-26,28,30-31H,2,4,6,8,13-20H2,1,3H3,(H,39,47)(H,40,41)(H,42,46);(H,6,7)/b10-7+;/t22-,25+,28+,30-,31-,38+;/m0./s1. The maximum Gasteiger partial charge on any atom is 0.490 e. The molecule has 4 N–H and O–H groups in total. The molecule has 6 atom stereocenters. The second kappa shape index (κ2) is 17.3. The normalized spacial score (nSPS) is 26.5. The molecule has 3 fully saturated rings. The van der Waals surface area contributed by atoms with E-state index in [-0.39, 0.29) is 37.3 Å². The van der Waals surface area contributed by atoms with Crippen LogP contribution in [-0.2, 0) is 48.2 Å². The number of allylic oxidation sites excluding steroid dienone is 1. The molecule has 14 nitrogen and oxygen atoms in total. The van der Waals surface area contributed by atoms with E-state index < -0.39 is 65.5 Å². The summed E-state index contributed by atoms with van der Waals surface area (Å²) < 4.78 is 37.8. The third-order valence-corrected chi connectivity index (χ3v) is 12.0. The average Bonchev–Trinajstić information content (AvgIpc) is 3.93. The number of benzene rings is 1. The number of hydrogen-bond donors (Lipinski definition) is 4. The number of alkyl halides is 3. The fourth-order valence-corrected chi connectivity index (χ4v) is 8.22. The summed E-state index contributed by atoms with van der Waals surface area (Å²) in [5.74, 6) is -5.62. The Labute approximate surface area is 337 Å². The number of aliphatic carboxylic acids is 1. The van der Waals surface area contributed by atoms with Gasteiger partial charge in [0.25, 0.3) is 5.91 Å². The number of carboxylic acids is 1. The Kier molecular flexibility index (Phi) is 12.6. The molecular formula is C40H47F3N6O8S. The van der Waals surface area contributed by atoms with Gasteiger partial charge in [-0.15, -0.1) is 17.9 Å². The summed E-state index contributed by atoms with van der Waals surface area (Å²) in [7, 11) is 0. The van der Waals surface area contributed by atoms with Crippen molar-refractivity contribution in [2.45, 2.75) is 114 Å². The van der Waals surface area contributed by atoms with Gasteiger partial charge in [0.15, 0.2) is 5.13 Å². The van der Waals surface area contributed by atoms with Crippen molar-refractivity contribution in [1.82, 2.24) is 25.4 Å². The number of nitrogens with one attached hydrogen (secondary N) is 3. The molecule has 4 amide bonds. The maximum absolute atomic E-state index is 14.6. The van der Waals surface area contributed by atoms with Crippen LogP contribution in [0.1, 0.15) is 81.2 Å². The number of thiazole rings is 1. The third-order valence-electron chi connectivity index (χ3n) is 11.2. The first-order valence-electron chi connectivity index (χ1n) is 19.4. The molecule has 312 valence electrons. The van der Waals surface area contributed by atoms with E-state index >= 15 is 0 Å². The molecule has 2 saturated carbocycles. The Balaban J connectivity index is 0.000000743. The summed E-state index contributed by atoms with van der Waals surface area (Å²) in [6.07, 6.45) is 4.66. The number of rotatable bonds is 8. The lowest BCUT2D eigenvalue weighted by atomic mass is 9.97. The highest BCUT2D eigenvalue weighted by Gasteiger charge is 2.62. The molecule has 1 aromatic carbocycles. The fourth-order valence-electron chi connectivity index (χ4n) is 7.44. The van der Waals surface area contributed by atoms with Crippen molar-refractivity contribution >= 4 is 58.1 Å². The van der Waals surface area contributed by atoms with Gasteiger partial charge in [-0.05, 0) is 61.1 Å². The number of ketones is 1. The first-order chi connectivity index (χ1) is 27.5. The van der Waals surface area contributed by atoms with Gasteiger partial charge in [0, 0.05) is 30.3 Å². The van der Waals surface area contributed by atoms with Gasteiger partial charge >= 0.3 is 18.2 Å². The van der Waals surface area contributed by atoms with Crippen LogP contribution in [0.15, 0.2) is 42.3 Å². The molecule has 1 aromatic heterocycles. The number of aromatic nitrogens is 1. The number of ether oxygens (including phenoxy) is 1. The number of carbonyl (C=O) groups excluding carboxylic acids is 5. The first kappa shape index (κ1) is 42.3. The Hall–Kier alpha value is -5.26. The van der Waals surface area contributed by atoms with Gasteiger partial charge in [-0.2, -0.15) is 13.2 Å². The Morgan fingerprint density at radius 2 is 1.95 bits per heavy atom. The van der Waals surface area contributed by atoms with Crippen LogP contribution in [-0.4, -0.2) is 97.9 Å². The van der Waals surface area contributed by atoms with Gasteiger partial charge < -0.3 is 30.7 Å². The number of aryl methyl sites for hydroxylation is 1. The molecule has 0 spiro atoms. The molecule has 0 unspecified atom stereocenters. The van der Waals surface area contributed by atoms with Crippen LogP contribution in [0.2, 0.25) is 0 Å². The topological polar surface area (TPSA) is 187 Å². The Morgan fingerprint density at radius 3 is 2.60 bits per heavy atom. The van der Waals surface area contributed by atoms with Gasteiger partial charge in [0.2, 0.25) is 17.6 Å². The zero-order chi connectivity index (χ0) is 41.9. The van der Waals surface area contributed by atoms with E-state index in [0.717, 1.165) is 54.5 Å². The molecule has 1 saturated heterocycles. The summed E-state index contributed by atoms with van der Waals surface area (Å²) in [6, 6.07) is 4.29. The zero-order valence-corrected chi connectivity index (χ0v) is 33.0. The number of fused-ring (bicyclic) bond motifs is 5. The lowest BCUT2D eigenvalue weighted by Gasteiger charge is -2.31. The summed E-state index contributed by atoms with van der Waals surface area (Å²) in [4.78, 5) is 85.6. The van der Waals surface area contributed by atoms with Crippen molar-refractivity contribution in [1.29, 1.82) is 0 Å². The van der Waals surface area contributed by atoms with Crippen LogP contribution in [0.4, 0.5) is 23.1 Å².